The van der Waals surface area contributed by atoms with Gasteiger partial charge in [-0.05, 0) is 11.6 Å². The number of hydrogen-bond acceptors (Lipinski definition) is 4. The SMILES string of the molecule is O=C(C(=O)c1ccccc1C(=O)OCc1ccccc1)c1ccccc1. The molecule has 0 atom stereocenters. The molecule has 4 heteroatoms. The zero-order chi connectivity index (χ0) is 18.4. The highest BCUT2D eigenvalue weighted by atomic mass is 16.5. The molecule has 3 aromatic rings. The maximum atomic E-state index is 12.6. The summed E-state index contributed by atoms with van der Waals surface area (Å²) >= 11 is 0. The van der Waals surface area contributed by atoms with Crippen LogP contribution in [-0.2, 0) is 11.3 Å². The van der Waals surface area contributed by atoms with E-state index in [1.807, 2.05) is 30.3 Å². The molecule has 0 aliphatic carbocycles. The van der Waals surface area contributed by atoms with Crippen molar-refractivity contribution in [3.8, 4) is 0 Å². The molecule has 0 unspecified atom stereocenters. The molecule has 0 spiro atoms. The van der Waals surface area contributed by atoms with Gasteiger partial charge in [0.2, 0.25) is 11.6 Å². The molecule has 0 aliphatic heterocycles. The third-order valence-corrected chi connectivity index (χ3v) is 3.85. The summed E-state index contributed by atoms with van der Waals surface area (Å²) in [4.78, 5) is 37.4. The van der Waals surface area contributed by atoms with E-state index in [-0.39, 0.29) is 23.3 Å². The van der Waals surface area contributed by atoms with E-state index in [0.717, 1.165) is 5.56 Å². The van der Waals surface area contributed by atoms with Crippen molar-refractivity contribution in [1.82, 2.24) is 0 Å². The van der Waals surface area contributed by atoms with E-state index in [9.17, 15) is 14.4 Å². The minimum absolute atomic E-state index is 0.0411. The van der Waals surface area contributed by atoms with Crippen molar-refractivity contribution in [2.45, 2.75) is 6.61 Å². The van der Waals surface area contributed by atoms with Gasteiger partial charge in [0, 0.05) is 11.1 Å². The Hall–Kier alpha value is -3.53. The van der Waals surface area contributed by atoms with E-state index in [1.165, 1.54) is 12.1 Å². The lowest BCUT2D eigenvalue weighted by atomic mass is 9.97. The molecule has 4 nitrogen and oxygen atoms in total. The summed E-state index contributed by atoms with van der Waals surface area (Å²) in [6.07, 6.45) is 0. The van der Waals surface area contributed by atoms with Gasteiger partial charge in [-0.3, -0.25) is 9.59 Å². The van der Waals surface area contributed by atoms with Gasteiger partial charge in [-0.2, -0.15) is 0 Å². The summed E-state index contributed by atoms with van der Waals surface area (Å²) in [6.45, 7) is 0.0921. The average molecular weight is 344 g/mol. The first-order chi connectivity index (χ1) is 12.7. The van der Waals surface area contributed by atoms with Crippen molar-refractivity contribution in [2.75, 3.05) is 0 Å². The van der Waals surface area contributed by atoms with E-state index in [0.29, 0.717) is 0 Å². The first kappa shape index (κ1) is 17.3. The van der Waals surface area contributed by atoms with Gasteiger partial charge in [-0.1, -0.05) is 78.9 Å². The monoisotopic (exact) mass is 344 g/mol. The van der Waals surface area contributed by atoms with Crippen LogP contribution in [-0.4, -0.2) is 17.5 Å². The molecule has 26 heavy (non-hydrogen) atoms. The molecule has 0 N–H and O–H groups in total. The zero-order valence-electron chi connectivity index (χ0n) is 13.9. The van der Waals surface area contributed by atoms with Crippen molar-refractivity contribution in [3.05, 3.63) is 107 Å². The van der Waals surface area contributed by atoms with Crippen molar-refractivity contribution in [3.63, 3.8) is 0 Å². The molecule has 0 radical (unpaired) electrons. The second kappa shape index (κ2) is 8.03. The largest absolute Gasteiger partial charge is 0.457 e. The van der Waals surface area contributed by atoms with Crippen LogP contribution in [0.15, 0.2) is 84.9 Å². The number of rotatable bonds is 6. The number of carbonyl (C=O) groups excluding carboxylic acids is 3. The Morgan fingerprint density at radius 2 is 1.15 bits per heavy atom. The van der Waals surface area contributed by atoms with Crippen LogP contribution in [0.4, 0.5) is 0 Å². The average Bonchev–Trinajstić information content (AvgIpc) is 2.72. The van der Waals surface area contributed by atoms with Gasteiger partial charge < -0.3 is 4.74 Å². The number of hydrogen-bond donors (Lipinski definition) is 0. The fraction of sp³-hybridized carbons (Fsp3) is 0.0455. The fourth-order valence-electron chi connectivity index (χ4n) is 2.50. The lowest BCUT2D eigenvalue weighted by Crippen LogP contribution is -2.19. The van der Waals surface area contributed by atoms with Crippen LogP contribution in [0.25, 0.3) is 0 Å². The van der Waals surface area contributed by atoms with Crippen molar-refractivity contribution in [1.29, 1.82) is 0 Å². The first-order valence-electron chi connectivity index (χ1n) is 8.11. The van der Waals surface area contributed by atoms with Gasteiger partial charge in [0.15, 0.2) is 0 Å². The molecule has 0 fully saturated rings. The van der Waals surface area contributed by atoms with Gasteiger partial charge in [-0.15, -0.1) is 0 Å². The van der Waals surface area contributed by atoms with Crippen molar-refractivity contribution < 1.29 is 19.1 Å². The highest BCUT2D eigenvalue weighted by molar-refractivity contribution is 6.50. The lowest BCUT2D eigenvalue weighted by Gasteiger charge is -2.09. The van der Waals surface area contributed by atoms with Crippen LogP contribution in [0.1, 0.15) is 36.6 Å². The number of Topliss-reactive ketones (excluding diaryl/α,β-unsaturated/α-hetero) is 2. The highest BCUT2D eigenvalue weighted by Crippen LogP contribution is 2.15. The molecule has 3 rings (SSSR count). The van der Waals surface area contributed by atoms with Crippen LogP contribution >= 0.6 is 0 Å². The van der Waals surface area contributed by atoms with Gasteiger partial charge in [0.1, 0.15) is 6.61 Å². The normalized spacial score (nSPS) is 10.2. The third kappa shape index (κ3) is 3.92. The summed E-state index contributed by atoms with van der Waals surface area (Å²) in [5.74, 6) is -2.03. The topological polar surface area (TPSA) is 60.4 Å². The maximum absolute atomic E-state index is 12.6. The molecule has 0 amide bonds. The highest BCUT2D eigenvalue weighted by Gasteiger charge is 2.24. The predicted molar refractivity (Wildman–Crippen MR) is 97.1 cm³/mol. The van der Waals surface area contributed by atoms with E-state index in [4.69, 9.17) is 4.74 Å². The summed E-state index contributed by atoms with van der Waals surface area (Å²) in [5.41, 5.74) is 1.24. The zero-order valence-corrected chi connectivity index (χ0v) is 13.9. The molecule has 0 aliphatic rings. The van der Waals surface area contributed by atoms with Gasteiger partial charge in [0.25, 0.3) is 0 Å². The van der Waals surface area contributed by atoms with E-state index in [1.54, 1.807) is 42.5 Å². The summed E-state index contributed by atoms with van der Waals surface area (Å²) in [5, 5.41) is 0. The molecule has 0 saturated carbocycles. The van der Waals surface area contributed by atoms with Gasteiger partial charge in [0.05, 0.1) is 5.56 Å². The summed E-state index contributed by atoms with van der Waals surface area (Å²) in [7, 11) is 0. The smallest absolute Gasteiger partial charge is 0.339 e. The number of carbonyl (C=O) groups is 3. The molecule has 0 saturated heterocycles. The van der Waals surface area contributed by atoms with Crippen LogP contribution in [0.3, 0.4) is 0 Å². The number of ketones is 2. The van der Waals surface area contributed by atoms with Crippen LogP contribution < -0.4 is 0 Å². The number of ether oxygens (including phenoxy) is 1. The maximum Gasteiger partial charge on any atom is 0.339 e. The second-order valence-electron chi connectivity index (χ2n) is 5.63. The minimum atomic E-state index is -0.733. The van der Waals surface area contributed by atoms with Crippen molar-refractivity contribution in [2.24, 2.45) is 0 Å². The summed E-state index contributed by atoms with van der Waals surface area (Å²) in [6, 6.07) is 23.7. The van der Waals surface area contributed by atoms with E-state index < -0.39 is 17.5 Å². The van der Waals surface area contributed by atoms with Crippen LogP contribution in [0.5, 0.6) is 0 Å². The molecular weight excluding hydrogens is 328 g/mol. The van der Waals surface area contributed by atoms with Gasteiger partial charge >= 0.3 is 5.97 Å². The lowest BCUT2D eigenvalue weighted by molar-refractivity contribution is 0.0470. The van der Waals surface area contributed by atoms with Gasteiger partial charge in [-0.25, -0.2) is 4.79 Å². The second-order valence-corrected chi connectivity index (χ2v) is 5.63. The Bertz CT molecular complexity index is 931. The molecule has 0 heterocycles. The predicted octanol–water partition coefficient (Wildman–Crippen LogP) is 4.11. The number of esters is 1. The van der Waals surface area contributed by atoms with Crippen LogP contribution in [0, 0.1) is 0 Å². The Labute approximate surface area is 151 Å². The molecule has 0 aromatic heterocycles. The Morgan fingerprint density at radius 1 is 0.615 bits per heavy atom. The quantitative estimate of drug-likeness (QED) is 0.384. The fourth-order valence-corrected chi connectivity index (χ4v) is 2.50. The first-order valence-corrected chi connectivity index (χ1v) is 8.11. The van der Waals surface area contributed by atoms with Crippen LogP contribution in [0.2, 0.25) is 0 Å². The van der Waals surface area contributed by atoms with Crippen molar-refractivity contribution >= 4 is 17.5 Å². The molecule has 0 bridgehead atoms. The third-order valence-electron chi connectivity index (χ3n) is 3.85. The Morgan fingerprint density at radius 3 is 1.81 bits per heavy atom. The van der Waals surface area contributed by atoms with E-state index in [2.05, 4.69) is 0 Å². The Kier molecular flexibility index (Phi) is 5.34. The molecular formula is C22H16O4. The molecule has 128 valence electrons. The molecule has 3 aromatic carbocycles. The number of benzene rings is 3. The Balaban J connectivity index is 1.80. The van der Waals surface area contributed by atoms with E-state index >= 15 is 0 Å². The summed E-state index contributed by atoms with van der Waals surface area (Å²) < 4.78 is 5.29. The minimum Gasteiger partial charge on any atom is -0.457 e. The standard InChI is InChI=1S/C22H16O4/c23-20(17-11-5-2-6-12-17)21(24)18-13-7-8-14-19(18)22(25)26-15-16-9-3-1-4-10-16/h1-14H,15H2.